The van der Waals surface area contributed by atoms with Crippen LogP contribution in [0.5, 0.6) is 0 Å². The average molecular weight is 367 g/mol. The number of carbonyl (C=O) groups is 2. The van der Waals surface area contributed by atoms with Crippen LogP contribution in [0.15, 0.2) is 42.9 Å². The Balaban J connectivity index is 1.44. The zero-order valence-electron chi connectivity index (χ0n) is 15.3. The second kappa shape index (κ2) is 7.52. The number of carbonyl (C=O) groups excluding carboxylic acids is 2. The van der Waals surface area contributed by atoms with Crippen molar-refractivity contribution in [3.63, 3.8) is 0 Å². The van der Waals surface area contributed by atoms with Crippen LogP contribution in [0.4, 0.5) is 0 Å². The molecule has 2 aliphatic heterocycles. The summed E-state index contributed by atoms with van der Waals surface area (Å²) in [7, 11) is 0. The van der Waals surface area contributed by atoms with Gasteiger partial charge in [0.25, 0.3) is 5.91 Å². The summed E-state index contributed by atoms with van der Waals surface area (Å²) in [4.78, 5) is 34.8. The quantitative estimate of drug-likeness (QED) is 0.746. The maximum absolute atomic E-state index is 13.1. The number of aromatic amines is 1. The summed E-state index contributed by atoms with van der Waals surface area (Å²) >= 11 is 0. The van der Waals surface area contributed by atoms with Gasteiger partial charge in [-0.05, 0) is 56.0 Å². The van der Waals surface area contributed by atoms with Crippen molar-refractivity contribution < 1.29 is 9.59 Å². The van der Waals surface area contributed by atoms with Gasteiger partial charge < -0.3 is 15.6 Å². The minimum absolute atomic E-state index is 0.0250. The SMILES string of the molecule is O=C(N[C@@H]1CN2CCCC[C@@]2(C(=O)NCc2cccnc2)C1)c1ccc[nH]1. The van der Waals surface area contributed by atoms with Gasteiger partial charge in [0, 0.05) is 37.7 Å². The molecule has 2 amide bonds. The average Bonchev–Trinajstić information content (AvgIpc) is 3.35. The van der Waals surface area contributed by atoms with Gasteiger partial charge in [-0.25, -0.2) is 0 Å². The van der Waals surface area contributed by atoms with Crippen LogP contribution in [0.1, 0.15) is 41.7 Å². The number of pyridine rings is 1. The molecule has 0 aromatic carbocycles. The molecule has 2 aromatic rings. The predicted molar refractivity (Wildman–Crippen MR) is 101 cm³/mol. The molecule has 0 unspecified atom stereocenters. The Morgan fingerprint density at radius 1 is 1.30 bits per heavy atom. The third-order valence-electron chi connectivity index (χ3n) is 5.67. The van der Waals surface area contributed by atoms with E-state index in [9.17, 15) is 9.59 Å². The second-order valence-electron chi connectivity index (χ2n) is 7.44. The van der Waals surface area contributed by atoms with Gasteiger partial charge in [-0.1, -0.05) is 6.07 Å². The molecule has 2 aliphatic rings. The van der Waals surface area contributed by atoms with Crippen molar-refractivity contribution in [2.75, 3.05) is 13.1 Å². The molecule has 7 nitrogen and oxygen atoms in total. The number of hydrogen-bond acceptors (Lipinski definition) is 4. The maximum atomic E-state index is 13.1. The largest absolute Gasteiger partial charge is 0.357 e. The molecule has 2 saturated heterocycles. The van der Waals surface area contributed by atoms with Crippen LogP contribution in [-0.4, -0.2) is 51.4 Å². The van der Waals surface area contributed by atoms with Crippen LogP contribution in [0, 0.1) is 0 Å². The van der Waals surface area contributed by atoms with E-state index in [0.29, 0.717) is 25.2 Å². The highest BCUT2D eigenvalue weighted by Crippen LogP contribution is 2.38. The van der Waals surface area contributed by atoms with Crippen molar-refractivity contribution in [2.45, 2.75) is 43.8 Å². The topological polar surface area (TPSA) is 90.1 Å². The fourth-order valence-corrected chi connectivity index (χ4v) is 4.36. The summed E-state index contributed by atoms with van der Waals surface area (Å²) in [6.07, 6.45) is 8.84. The van der Waals surface area contributed by atoms with E-state index in [1.807, 2.05) is 12.1 Å². The van der Waals surface area contributed by atoms with Gasteiger partial charge in [-0.2, -0.15) is 0 Å². The summed E-state index contributed by atoms with van der Waals surface area (Å²) in [5, 5.41) is 6.18. The monoisotopic (exact) mass is 367 g/mol. The smallest absolute Gasteiger partial charge is 0.267 e. The summed E-state index contributed by atoms with van der Waals surface area (Å²) in [6.45, 7) is 2.09. The normalized spacial score (nSPS) is 25.0. The van der Waals surface area contributed by atoms with E-state index < -0.39 is 5.54 Å². The molecule has 4 rings (SSSR count). The molecule has 3 N–H and O–H groups in total. The van der Waals surface area contributed by atoms with Crippen LogP contribution in [0.25, 0.3) is 0 Å². The molecule has 2 atom stereocenters. The molecule has 0 radical (unpaired) electrons. The Labute approximate surface area is 158 Å². The van der Waals surface area contributed by atoms with E-state index in [2.05, 4.69) is 25.5 Å². The molecule has 2 aromatic heterocycles. The van der Waals surface area contributed by atoms with Gasteiger partial charge in [0.1, 0.15) is 11.2 Å². The molecule has 7 heteroatoms. The minimum atomic E-state index is -0.520. The maximum Gasteiger partial charge on any atom is 0.267 e. The van der Waals surface area contributed by atoms with E-state index in [1.165, 1.54) is 0 Å². The molecule has 0 aliphatic carbocycles. The fraction of sp³-hybridized carbons (Fsp3) is 0.450. The van der Waals surface area contributed by atoms with Gasteiger partial charge >= 0.3 is 0 Å². The van der Waals surface area contributed by atoms with E-state index in [-0.39, 0.29) is 17.9 Å². The number of piperidine rings is 1. The number of nitrogens with zero attached hydrogens (tertiary/aromatic N) is 2. The summed E-state index contributed by atoms with van der Waals surface area (Å²) in [5.41, 5.74) is 1.02. The molecule has 0 spiro atoms. The van der Waals surface area contributed by atoms with Crippen LogP contribution < -0.4 is 10.6 Å². The first-order chi connectivity index (χ1) is 13.2. The number of nitrogens with one attached hydrogen (secondary N) is 3. The molecule has 27 heavy (non-hydrogen) atoms. The fourth-order valence-electron chi connectivity index (χ4n) is 4.36. The number of aromatic nitrogens is 2. The van der Waals surface area contributed by atoms with E-state index >= 15 is 0 Å². The van der Waals surface area contributed by atoms with Crippen molar-refractivity contribution in [1.82, 2.24) is 25.5 Å². The molecule has 0 bridgehead atoms. The summed E-state index contributed by atoms with van der Waals surface area (Å²) < 4.78 is 0. The predicted octanol–water partition coefficient (Wildman–Crippen LogP) is 1.45. The Hall–Kier alpha value is -2.67. The van der Waals surface area contributed by atoms with Crippen molar-refractivity contribution >= 4 is 11.8 Å². The minimum Gasteiger partial charge on any atom is -0.357 e. The highest BCUT2D eigenvalue weighted by Gasteiger charge is 2.52. The number of amides is 2. The Morgan fingerprint density at radius 2 is 2.22 bits per heavy atom. The van der Waals surface area contributed by atoms with E-state index in [1.54, 1.807) is 30.7 Å². The number of H-pyrrole nitrogens is 1. The molecule has 2 fully saturated rings. The molecule has 0 saturated carbocycles. The Morgan fingerprint density at radius 3 is 3.00 bits per heavy atom. The third kappa shape index (κ3) is 3.60. The van der Waals surface area contributed by atoms with Crippen molar-refractivity contribution in [1.29, 1.82) is 0 Å². The van der Waals surface area contributed by atoms with Gasteiger partial charge in [0.15, 0.2) is 0 Å². The number of rotatable bonds is 5. The highest BCUT2D eigenvalue weighted by atomic mass is 16.2. The van der Waals surface area contributed by atoms with Crippen molar-refractivity contribution in [3.8, 4) is 0 Å². The van der Waals surface area contributed by atoms with Crippen LogP contribution >= 0.6 is 0 Å². The first-order valence-electron chi connectivity index (χ1n) is 9.54. The molecule has 4 heterocycles. The Kier molecular flexibility index (Phi) is 4.94. The number of fused-ring (bicyclic) bond motifs is 1. The molecular formula is C20H25N5O2. The first kappa shape index (κ1) is 17.7. The first-order valence-corrected chi connectivity index (χ1v) is 9.54. The highest BCUT2D eigenvalue weighted by molar-refractivity contribution is 5.93. The van der Waals surface area contributed by atoms with Gasteiger partial charge in [0.2, 0.25) is 5.91 Å². The van der Waals surface area contributed by atoms with E-state index in [0.717, 1.165) is 31.4 Å². The Bertz CT molecular complexity index is 792. The van der Waals surface area contributed by atoms with Crippen LogP contribution in [0.2, 0.25) is 0 Å². The molecular weight excluding hydrogens is 342 g/mol. The van der Waals surface area contributed by atoms with Gasteiger partial charge in [-0.15, -0.1) is 0 Å². The van der Waals surface area contributed by atoms with Crippen LogP contribution in [0.3, 0.4) is 0 Å². The van der Waals surface area contributed by atoms with Crippen molar-refractivity contribution in [2.24, 2.45) is 0 Å². The molecule has 142 valence electrons. The third-order valence-corrected chi connectivity index (χ3v) is 5.67. The number of hydrogen-bond donors (Lipinski definition) is 3. The van der Waals surface area contributed by atoms with E-state index in [4.69, 9.17) is 0 Å². The van der Waals surface area contributed by atoms with Gasteiger partial charge in [0.05, 0.1) is 0 Å². The van der Waals surface area contributed by atoms with Crippen molar-refractivity contribution in [3.05, 3.63) is 54.1 Å². The lowest BCUT2D eigenvalue weighted by molar-refractivity contribution is -0.134. The lowest BCUT2D eigenvalue weighted by atomic mass is 9.84. The standard InChI is InChI=1S/C20H25N5O2/c26-18(17-6-4-9-22-17)24-16-11-20(7-1-2-10-25(20)14-16)19(27)23-13-15-5-3-8-21-12-15/h3-6,8-9,12,16,22H,1-2,7,10-11,13-14H2,(H,23,27)(H,24,26)/t16-,20-/m0/s1. The lowest BCUT2D eigenvalue weighted by Crippen LogP contribution is -2.57. The summed E-state index contributed by atoms with van der Waals surface area (Å²) in [5.74, 6) is -0.0570. The zero-order chi connectivity index (χ0) is 18.7. The zero-order valence-corrected chi connectivity index (χ0v) is 15.3. The van der Waals surface area contributed by atoms with Gasteiger partial charge in [-0.3, -0.25) is 19.5 Å². The van der Waals surface area contributed by atoms with Crippen LogP contribution in [-0.2, 0) is 11.3 Å². The summed E-state index contributed by atoms with van der Waals surface area (Å²) in [6, 6.07) is 7.36. The lowest BCUT2D eigenvalue weighted by Gasteiger charge is -2.40. The second-order valence-corrected chi connectivity index (χ2v) is 7.44.